The van der Waals surface area contributed by atoms with Gasteiger partial charge in [-0.25, -0.2) is 8.78 Å². The van der Waals surface area contributed by atoms with Gasteiger partial charge >= 0.3 is 0 Å². The highest BCUT2D eigenvalue weighted by Crippen LogP contribution is 2.14. The summed E-state index contributed by atoms with van der Waals surface area (Å²) >= 11 is 0. The van der Waals surface area contributed by atoms with Crippen LogP contribution in [-0.2, 0) is 0 Å². The molecule has 0 fully saturated rings. The first-order valence-electron chi connectivity index (χ1n) is 3.04. The van der Waals surface area contributed by atoms with Gasteiger partial charge in [-0.2, -0.15) is 5.26 Å². The number of rotatable bonds is 1. The molecular weight excluding hydrogens is 164 g/mol. The lowest BCUT2D eigenvalue weighted by molar-refractivity contribution is 0.111. The molecule has 1 aromatic rings. The summed E-state index contributed by atoms with van der Waals surface area (Å²) < 4.78 is 25.3. The maximum absolute atomic E-state index is 12.7. The predicted octanol–water partition coefficient (Wildman–Crippen LogP) is 1.65. The van der Waals surface area contributed by atoms with Gasteiger partial charge in [-0.3, -0.25) is 4.79 Å². The average Bonchev–Trinajstić information content (AvgIpc) is 2.08. The molecule has 0 heterocycles. The summed E-state index contributed by atoms with van der Waals surface area (Å²) in [5, 5.41) is 8.34. The summed E-state index contributed by atoms with van der Waals surface area (Å²) in [6, 6.07) is 3.02. The second-order valence-electron chi connectivity index (χ2n) is 2.05. The van der Waals surface area contributed by atoms with E-state index in [-0.39, 0.29) is 6.29 Å². The Bertz CT molecular complexity index is 368. The van der Waals surface area contributed by atoms with Crippen LogP contribution in [0.5, 0.6) is 0 Å². The van der Waals surface area contributed by atoms with Crippen LogP contribution in [0.15, 0.2) is 12.1 Å². The van der Waals surface area contributed by atoms with E-state index in [4.69, 9.17) is 5.26 Å². The average molecular weight is 167 g/mol. The fraction of sp³-hybridized carbons (Fsp3) is 0. The Kier molecular flexibility index (Phi) is 2.15. The first-order chi connectivity index (χ1) is 5.70. The van der Waals surface area contributed by atoms with Crippen molar-refractivity contribution in [2.24, 2.45) is 0 Å². The third-order valence-corrected chi connectivity index (χ3v) is 1.37. The van der Waals surface area contributed by atoms with E-state index in [1.54, 1.807) is 0 Å². The number of carbonyl (C=O) groups excluding carboxylic acids is 1. The Morgan fingerprint density at radius 1 is 1.33 bits per heavy atom. The van der Waals surface area contributed by atoms with Crippen molar-refractivity contribution in [1.82, 2.24) is 0 Å². The highest BCUT2D eigenvalue weighted by Gasteiger charge is 2.11. The second-order valence-corrected chi connectivity index (χ2v) is 2.05. The van der Waals surface area contributed by atoms with Gasteiger partial charge in [0, 0.05) is 0 Å². The van der Waals surface area contributed by atoms with E-state index in [9.17, 15) is 13.6 Å². The van der Waals surface area contributed by atoms with Crippen molar-refractivity contribution in [3.63, 3.8) is 0 Å². The molecule has 0 aliphatic carbocycles. The second kappa shape index (κ2) is 3.09. The third-order valence-electron chi connectivity index (χ3n) is 1.37. The van der Waals surface area contributed by atoms with Crippen molar-refractivity contribution < 1.29 is 13.6 Å². The van der Waals surface area contributed by atoms with Gasteiger partial charge in [0.05, 0.1) is 5.56 Å². The molecular formula is C8H3F2NO. The van der Waals surface area contributed by atoms with Crippen molar-refractivity contribution in [3.8, 4) is 6.07 Å². The van der Waals surface area contributed by atoms with Crippen LogP contribution in [0.25, 0.3) is 0 Å². The van der Waals surface area contributed by atoms with Crippen molar-refractivity contribution in [2.75, 3.05) is 0 Å². The van der Waals surface area contributed by atoms with Crippen LogP contribution in [-0.4, -0.2) is 6.29 Å². The lowest BCUT2D eigenvalue weighted by atomic mass is 10.1. The maximum Gasteiger partial charge on any atom is 0.154 e. The summed E-state index contributed by atoms with van der Waals surface area (Å²) in [5.41, 5.74) is -1.08. The number of halogens is 2. The van der Waals surface area contributed by atoms with Gasteiger partial charge in [0.2, 0.25) is 0 Å². The van der Waals surface area contributed by atoms with Crippen LogP contribution >= 0.6 is 0 Å². The smallest absolute Gasteiger partial charge is 0.154 e. The molecule has 0 bridgehead atoms. The molecule has 0 amide bonds. The largest absolute Gasteiger partial charge is 0.298 e. The van der Waals surface area contributed by atoms with Gasteiger partial charge in [-0.05, 0) is 12.1 Å². The highest BCUT2D eigenvalue weighted by molar-refractivity contribution is 5.79. The zero-order valence-electron chi connectivity index (χ0n) is 5.84. The molecule has 0 aliphatic rings. The van der Waals surface area contributed by atoms with Gasteiger partial charge in [-0.1, -0.05) is 0 Å². The molecule has 0 saturated carbocycles. The number of hydrogen-bond donors (Lipinski definition) is 0. The van der Waals surface area contributed by atoms with Crippen molar-refractivity contribution in [2.45, 2.75) is 0 Å². The highest BCUT2D eigenvalue weighted by atomic mass is 19.1. The normalized spacial score (nSPS) is 9.08. The van der Waals surface area contributed by atoms with E-state index in [2.05, 4.69) is 0 Å². The molecule has 0 spiro atoms. The number of aldehydes is 1. The van der Waals surface area contributed by atoms with Crippen LogP contribution in [0.4, 0.5) is 8.78 Å². The molecule has 1 rings (SSSR count). The first kappa shape index (κ1) is 8.34. The minimum Gasteiger partial charge on any atom is -0.298 e. The maximum atomic E-state index is 12.7. The molecule has 4 heteroatoms. The van der Waals surface area contributed by atoms with E-state index < -0.39 is 22.8 Å². The Balaban J connectivity index is 3.52. The van der Waals surface area contributed by atoms with Gasteiger partial charge in [0.15, 0.2) is 6.29 Å². The van der Waals surface area contributed by atoms with Gasteiger partial charge < -0.3 is 0 Å². The zero-order chi connectivity index (χ0) is 9.14. The van der Waals surface area contributed by atoms with Crippen LogP contribution in [0.1, 0.15) is 15.9 Å². The van der Waals surface area contributed by atoms with Crippen molar-refractivity contribution >= 4 is 6.29 Å². The first-order valence-corrected chi connectivity index (χ1v) is 3.04. The van der Waals surface area contributed by atoms with Gasteiger partial charge in [0.1, 0.15) is 23.3 Å². The fourth-order valence-corrected chi connectivity index (χ4v) is 0.796. The van der Waals surface area contributed by atoms with Crippen LogP contribution in [0, 0.1) is 23.0 Å². The zero-order valence-corrected chi connectivity index (χ0v) is 5.84. The summed E-state index contributed by atoms with van der Waals surface area (Å²) in [7, 11) is 0. The number of hydrogen-bond acceptors (Lipinski definition) is 2. The molecule has 0 N–H and O–H groups in total. The number of nitriles is 1. The summed E-state index contributed by atoms with van der Waals surface area (Å²) in [4.78, 5) is 10.2. The molecule has 60 valence electrons. The van der Waals surface area contributed by atoms with E-state index in [0.29, 0.717) is 0 Å². The van der Waals surface area contributed by atoms with Gasteiger partial charge in [-0.15, -0.1) is 0 Å². The summed E-state index contributed by atoms with van der Waals surface area (Å²) in [5.74, 6) is -1.77. The monoisotopic (exact) mass is 167 g/mol. The van der Waals surface area contributed by atoms with E-state index in [1.807, 2.05) is 0 Å². The number of benzene rings is 1. The minimum absolute atomic E-state index is 0.122. The Morgan fingerprint density at radius 2 is 1.92 bits per heavy atom. The van der Waals surface area contributed by atoms with E-state index in [0.717, 1.165) is 12.1 Å². The van der Waals surface area contributed by atoms with Crippen LogP contribution in [0.3, 0.4) is 0 Å². The molecule has 0 radical (unpaired) electrons. The van der Waals surface area contributed by atoms with Crippen molar-refractivity contribution in [3.05, 3.63) is 34.9 Å². The lowest BCUT2D eigenvalue weighted by Crippen LogP contribution is -1.96. The topological polar surface area (TPSA) is 40.9 Å². The summed E-state index contributed by atoms with van der Waals surface area (Å²) in [6.45, 7) is 0. The molecule has 0 aromatic heterocycles. The molecule has 0 atom stereocenters. The molecule has 12 heavy (non-hydrogen) atoms. The Hall–Kier alpha value is -1.76. The van der Waals surface area contributed by atoms with Crippen molar-refractivity contribution in [1.29, 1.82) is 5.26 Å². The predicted molar refractivity (Wildman–Crippen MR) is 36.5 cm³/mol. The standard InChI is InChI=1S/C8H3F2NO/c9-7-1-2-8(10)6(4-12)5(7)3-11/h1-2,4H. The van der Waals surface area contributed by atoms with Gasteiger partial charge in [0.25, 0.3) is 0 Å². The molecule has 1 aromatic carbocycles. The minimum atomic E-state index is -0.888. The van der Waals surface area contributed by atoms with E-state index in [1.165, 1.54) is 6.07 Å². The molecule has 0 unspecified atom stereocenters. The molecule has 2 nitrogen and oxygen atoms in total. The van der Waals surface area contributed by atoms with Crippen LogP contribution in [0.2, 0.25) is 0 Å². The molecule has 0 aliphatic heterocycles. The Morgan fingerprint density at radius 3 is 2.33 bits per heavy atom. The fourth-order valence-electron chi connectivity index (χ4n) is 0.796. The van der Waals surface area contributed by atoms with E-state index >= 15 is 0 Å². The quantitative estimate of drug-likeness (QED) is 0.596. The Labute approximate surface area is 67.0 Å². The molecule has 0 saturated heterocycles. The van der Waals surface area contributed by atoms with Crippen LogP contribution < -0.4 is 0 Å². The third kappa shape index (κ3) is 1.17. The summed E-state index contributed by atoms with van der Waals surface area (Å²) in [6.07, 6.45) is 0.122. The SMILES string of the molecule is N#Cc1c(F)ccc(F)c1C=O. The number of nitrogens with zero attached hydrogens (tertiary/aromatic N) is 1. The number of carbonyl (C=O) groups is 1. The lowest BCUT2D eigenvalue weighted by Gasteiger charge is -1.97.